The van der Waals surface area contributed by atoms with Gasteiger partial charge in [-0.05, 0) is 76.5 Å². The molecule has 0 bridgehead atoms. The number of anilines is 1. The number of ether oxygens (including phenoxy) is 2. The van der Waals surface area contributed by atoms with Crippen LogP contribution in [-0.4, -0.2) is 61.8 Å². The zero-order valence-electron chi connectivity index (χ0n) is 20.4. The second kappa shape index (κ2) is 8.49. The van der Waals surface area contributed by atoms with E-state index in [4.69, 9.17) is 14.5 Å². The first-order valence-corrected chi connectivity index (χ1v) is 12.0. The van der Waals surface area contributed by atoms with Gasteiger partial charge in [-0.1, -0.05) is 6.07 Å². The first-order chi connectivity index (χ1) is 15.9. The molecule has 33 heavy (non-hydrogen) atoms. The van der Waals surface area contributed by atoms with Crippen LogP contribution >= 0.6 is 0 Å². The van der Waals surface area contributed by atoms with E-state index < -0.39 is 0 Å². The number of benzene rings is 1. The van der Waals surface area contributed by atoms with Crippen LogP contribution < -0.4 is 14.4 Å². The average Bonchev–Trinajstić information content (AvgIpc) is 3.49. The molecule has 6 heteroatoms. The number of rotatable bonds is 8. The van der Waals surface area contributed by atoms with Crippen molar-refractivity contribution in [2.24, 2.45) is 0 Å². The molecule has 2 aromatic heterocycles. The van der Waals surface area contributed by atoms with E-state index in [-0.39, 0.29) is 6.10 Å². The van der Waals surface area contributed by atoms with Crippen molar-refractivity contribution in [3.8, 4) is 22.8 Å². The predicted octanol–water partition coefficient (Wildman–Crippen LogP) is 4.90. The Hall–Kier alpha value is -2.86. The predicted molar refractivity (Wildman–Crippen MR) is 134 cm³/mol. The Morgan fingerprint density at radius 3 is 2.64 bits per heavy atom. The Labute approximate surface area is 196 Å². The van der Waals surface area contributed by atoms with E-state index in [9.17, 15) is 0 Å². The number of likely N-dealkylation sites (N-methyl/N-ethyl adjacent to an activating group) is 1. The third kappa shape index (κ3) is 4.24. The molecule has 3 heterocycles. The highest BCUT2D eigenvalue weighted by molar-refractivity contribution is 5.93. The fourth-order valence-electron chi connectivity index (χ4n) is 4.97. The van der Waals surface area contributed by atoms with E-state index >= 15 is 0 Å². The minimum absolute atomic E-state index is 0.0421. The molecule has 1 saturated carbocycles. The zero-order valence-corrected chi connectivity index (χ0v) is 20.4. The molecule has 0 N–H and O–H groups in total. The maximum Gasteiger partial charge on any atom is 0.257 e. The second-order valence-corrected chi connectivity index (χ2v) is 10.1. The second-order valence-electron chi connectivity index (χ2n) is 10.1. The number of hydrogen-bond acceptors (Lipinski definition) is 6. The van der Waals surface area contributed by atoms with E-state index in [0.29, 0.717) is 23.7 Å². The lowest BCUT2D eigenvalue weighted by atomic mass is 9.93. The van der Waals surface area contributed by atoms with Gasteiger partial charge in [0.25, 0.3) is 5.88 Å². The van der Waals surface area contributed by atoms with E-state index in [1.807, 2.05) is 26.2 Å². The maximum absolute atomic E-state index is 6.09. The number of nitrogens with zero attached hydrogens (tertiary/aromatic N) is 4. The Bertz CT molecular complexity index is 1170. The normalized spacial score (nSPS) is 16.2. The van der Waals surface area contributed by atoms with Gasteiger partial charge in [0.05, 0.1) is 30.1 Å². The van der Waals surface area contributed by atoms with Gasteiger partial charge in [-0.3, -0.25) is 4.98 Å². The fourth-order valence-corrected chi connectivity index (χ4v) is 4.97. The quantitative estimate of drug-likeness (QED) is 0.459. The third-order valence-electron chi connectivity index (χ3n) is 6.69. The maximum atomic E-state index is 6.09. The van der Waals surface area contributed by atoms with Crippen LogP contribution in [0.15, 0.2) is 36.7 Å². The Morgan fingerprint density at radius 2 is 1.91 bits per heavy atom. The standard InChI is InChI=1S/C27H34N4O2/c1-18(2)33-24-14-20(15-29-26(24)32-12-6-11-30(3)4)19-7-8-22-21(13-19)25-23(16-28-22)31(5)17-27(25)9-10-27/h7-8,13-16,18H,6,9-12,17H2,1-5H3. The fraction of sp³-hybridized carbons (Fsp3) is 0.481. The molecule has 174 valence electrons. The van der Waals surface area contributed by atoms with Crippen LogP contribution in [0.1, 0.15) is 38.7 Å². The van der Waals surface area contributed by atoms with Crippen LogP contribution in [-0.2, 0) is 5.41 Å². The number of fused-ring (bicyclic) bond motifs is 4. The van der Waals surface area contributed by atoms with Gasteiger partial charge in [0, 0.05) is 42.7 Å². The number of aromatic nitrogens is 2. The highest BCUT2D eigenvalue weighted by Gasteiger charge is 2.51. The van der Waals surface area contributed by atoms with Gasteiger partial charge in [0.2, 0.25) is 0 Å². The molecule has 0 amide bonds. The monoisotopic (exact) mass is 446 g/mol. The molecule has 1 spiro atoms. The minimum Gasteiger partial charge on any atom is -0.485 e. The van der Waals surface area contributed by atoms with Crippen LogP contribution in [0.3, 0.4) is 0 Å². The summed E-state index contributed by atoms with van der Waals surface area (Å²) in [7, 11) is 6.32. The van der Waals surface area contributed by atoms with E-state index in [1.165, 1.54) is 29.5 Å². The number of pyridine rings is 2. The molecule has 0 saturated heterocycles. The molecule has 0 atom stereocenters. The van der Waals surface area contributed by atoms with Crippen molar-refractivity contribution < 1.29 is 9.47 Å². The van der Waals surface area contributed by atoms with Crippen molar-refractivity contribution in [3.05, 3.63) is 42.2 Å². The Balaban J connectivity index is 1.49. The van der Waals surface area contributed by atoms with Gasteiger partial charge in [-0.25, -0.2) is 4.98 Å². The molecule has 1 aliphatic heterocycles. The molecule has 1 fully saturated rings. The highest BCUT2D eigenvalue weighted by atomic mass is 16.5. The van der Waals surface area contributed by atoms with Crippen LogP contribution in [0.4, 0.5) is 5.69 Å². The molecule has 0 radical (unpaired) electrons. The Kier molecular flexibility index (Phi) is 5.65. The SMILES string of the molecule is CC(C)Oc1cc(-c2ccc3ncc4c(c3c2)C2(CC2)CN4C)cnc1OCCCN(C)C. The summed E-state index contributed by atoms with van der Waals surface area (Å²) in [6.07, 6.45) is 7.45. The molecule has 3 aromatic rings. The summed E-state index contributed by atoms with van der Waals surface area (Å²) < 4.78 is 12.1. The average molecular weight is 447 g/mol. The van der Waals surface area contributed by atoms with E-state index in [1.54, 1.807) is 0 Å². The van der Waals surface area contributed by atoms with Crippen LogP contribution in [0.5, 0.6) is 11.6 Å². The summed E-state index contributed by atoms with van der Waals surface area (Å²) in [5.74, 6) is 1.26. The lowest BCUT2D eigenvalue weighted by Gasteiger charge is -2.16. The smallest absolute Gasteiger partial charge is 0.257 e. The van der Waals surface area contributed by atoms with Gasteiger partial charge < -0.3 is 19.3 Å². The Morgan fingerprint density at radius 1 is 1.09 bits per heavy atom. The summed E-state index contributed by atoms with van der Waals surface area (Å²) in [6, 6.07) is 8.61. The topological polar surface area (TPSA) is 50.7 Å². The minimum atomic E-state index is 0.0421. The van der Waals surface area contributed by atoms with Crippen LogP contribution in [0, 0.1) is 0 Å². The van der Waals surface area contributed by atoms with Gasteiger partial charge in [-0.15, -0.1) is 0 Å². The van der Waals surface area contributed by atoms with Crippen molar-refractivity contribution in [1.82, 2.24) is 14.9 Å². The van der Waals surface area contributed by atoms with Gasteiger partial charge in [-0.2, -0.15) is 0 Å². The zero-order chi connectivity index (χ0) is 23.2. The molecule has 1 aromatic carbocycles. The highest BCUT2D eigenvalue weighted by Crippen LogP contribution is 2.58. The molecule has 1 aliphatic carbocycles. The van der Waals surface area contributed by atoms with Gasteiger partial charge in [0.15, 0.2) is 5.75 Å². The number of hydrogen-bond donors (Lipinski definition) is 0. The molecule has 6 nitrogen and oxygen atoms in total. The molecule has 5 rings (SSSR count). The van der Waals surface area contributed by atoms with Crippen LogP contribution in [0.25, 0.3) is 22.0 Å². The van der Waals surface area contributed by atoms with Crippen molar-refractivity contribution in [2.45, 2.75) is 44.6 Å². The lowest BCUT2D eigenvalue weighted by molar-refractivity contribution is 0.212. The lowest BCUT2D eigenvalue weighted by Crippen LogP contribution is -2.18. The molecular weight excluding hydrogens is 412 g/mol. The molecule has 0 unspecified atom stereocenters. The van der Waals surface area contributed by atoms with Crippen molar-refractivity contribution >= 4 is 16.6 Å². The van der Waals surface area contributed by atoms with Crippen molar-refractivity contribution in [3.63, 3.8) is 0 Å². The summed E-state index contributed by atoms with van der Waals surface area (Å²) >= 11 is 0. The first kappa shape index (κ1) is 22.0. The largest absolute Gasteiger partial charge is 0.485 e. The van der Waals surface area contributed by atoms with Crippen molar-refractivity contribution in [1.29, 1.82) is 0 Å². The molecular formula is C27H34N4O2. The summed E-state index contributed by atoms with van der Waals surface area (Å²) in [5, 5.41) is 1.27. The van der Waals surface area contributed by atoms with E-state index in [2.05, 4.69) is 60.2 Å². The van der Waals surface area contributed by atoms with Gasteiger partial charge in [0.1, 0.15) is 0 Å². The van der Waals surface area contributed by atoms with Crippen molar-refractivity contribution in [2.75, 3.05) is 45.7 Å². The summed E-state index contributed by atoms with van der Waals surface area (Å²) in [4.78, 5) is 13.9. The van der Waals surface area contributed by atoms with E-state index in [0.717, 1.165) is 36.2 Å². The third-order valence-corrected chi connectivity index (χ3v) is 6.69. The summed E-state index contributed by atoms with van der Waals surface area (Å²) in [5.41, 5.74) is 6.29. The summed E-state index contributed by atoms with van der Waals surface area (Å²) in [6.45, 7) is 6.74. The van der Waals surface area contributed by atoms with Gasteiger partial charge >= 0.3 is 0 Å². The van der Waals surface area contributed by atoms with Crippen LogP contribution in [0.2, 0.25) is 0 Å². The molecule has 2 aliphatic rings. The first-order valence-electron chi connectivity index (χ1n) is 12.0.